The minimum absolute atomic E-state index is 0.0149. The van der Waals surface area contributed by atoms with E-state index in [1.807, 2.05) is 114 Å². The number of fused-ring (bicyclic) bond motifs is 3. The van der Waals surface area contributed by atoms with E-state index in [9.17, 15) is 0 Å². The van der Waals surface area contributed by atoms with E-state index >= 15 is 4.79 Å². The first-order valence-corrected chi connectivity index (χ1v) is 14.9. The van der Waals surface area contributed by atoms with Gasteiger partial charge in [-0.15, -0.1) is 11.8 Å². The molecular formula is C36H26ClNO2S. The number of halogens is 1. The van der Waals surface area contributed by atoms with Gasteiger partial charge in [0.25, 0.3) is 5.91 Å². The van der Waals surface area contributed by atoms with E-state index in [2.05, 4.69) is 30.3 Å². The zero-order chi connectivity index (χ0) is 27.8. The average molecular weight is 572 g/mol. The summed E-state index contributed by atoms with van der Waals surface area (Å²) in [6.45, 7) is 0. The zero-order valence-electron chi connectivity index (χ0n) is 22.1. The van der Waals surface area contributed by atoms with Gasteiger partial charge >= 0.3 is 0 Å². The molecule has 2 atom stereocenters. The molecule has 200 valence electrons. The maximum Gasteiger partial charge on any atom is 0.266 e. The van der Waals surface area contributed by atoms with Crippen LogP contribution in [0.4, 0.5) is 5.69 Å². The van der Waals surface area contributed by atoms with Crippen LogP contribution in [-0.2, 0) is 15.3 Å². The van der Waals surface area contributed by atoms with Gasteiger partial charge < -0.3 is 4.74 Å². The smallest absolute Gasteiger partial charge is 0.266 e. The topological polar surface area (TPSA) is 29.5 Å². The molecule has 7 rings (SSSR count). The van der Waals surface area contributed by atoms with Gasteiger partial charge in [-0.3, -0.25) is 9.69 Å². The van der Waals surface area contributed by atoms with Crippen molar-refractivity contribution in [3.05, 3.63) is 167 Å². The number of thioether (sulfide) groups is 1. The lowest BCUT2D eigenvalue weighted by Gasteiger charge is -2.48. The summed E-state index contributed by atoms with van der Waals surface area (Å²) in [5.74, 6) is 0.474. The standard InChI is InChI=1S/C36H26ClNO2S/c37-29-22-20-28(21-23-29)36-24-32(25-12-4-1-5-13-25)41-31-19-11-10-18-30(31)38(36)35(39)33(26-14-6-2-7-15-26)34(40-36)27-16-8-3-9-17-27/h1-23,32H,24H2/t32-,36+/m0/s1. The van der Waals surface area contributed by atoms with Crippen molar-refractivity contribution in [3.63, 3.8) is 0 Å². The third kappa shape index (κ3) is 4.54. The molecule has 0 radical (unpaired) electrons. The van der Waals surface area contributed by atoms with Crippen LogP contribution in [-0.4, -0.2) is 5.91 Å². The summed E-state index contributed by atoms with van der Waals surface area (Å²) in [6, 6.07) is 46.1. The zero-order valence-corrected chi connectivity index (χ0v) is 23.7. The van der Waals surface area contributed by atoms with Crippen molar-refractivity contribution in [3.8, 4) is 0 Å². The molecule has 0 saturated carbocycles. The van der Waals surface area contributed by atoms with Gasteiger partial charge in [-0.2, -0.15) is 0 Å². The van der Waals surface area contributed by atoms with E-state index in [0.29, 0.717) is 22.8 Å². The molecule has 0 saturated heterocycles. The van der Waals surface area contributed by atoms with Crippen molar-refractivity contribution in [1.82, 2.24) is 0 Å². The highest BCUT2D eigenvalue weighted by molar-refractivity contribution is 7.99. The van der Waals surface area contributed by atoms with E-state index in [4.69, 9.17) is 16.3 Å². The van der Waals surface area contributed by atoms with Crippen LogP contribution in [0.3, 0.4) is 0 Å². The summed E-state index contributed by atoms with van der Waals surface area (Å²) in [7, 11) is 0. The Morgan fingerprint density at radius 1 is 0.707 bits per heavy atom. The lowest BCUT2D eigenvalue weighted by atomic mass is 9.87. The average Bonchev–Trinajstić information content (AvgIpc) is 3.18. The monoisotopic (exact) mass is 571 g/mol. The van der Waals surface area contributed by atoms with E-state index in [1.54, 1.807) is 11.8 Å². The Bertz CT molecular complexity index is 1740. The maximum absolute atomic E-state index is 15.1. The fourth-order valence-electron chi connectivity index (χ4n) is 5.79. The summed E-state index contributed by atoms with van der Waals surface area (Å²) < 4.78 is 7.34. The molecule has 0 fully saturated rings. The Hall–Kier alpha value is -4.25. The number of carbonyl (C=O) groups excluding carboxylic acids is 1. The lowest BCUT2D eigenvalue weighted by molar-refractivity contribution is -0.120. The molecule has 0 spiro atoms. The van der Waals surface area contributed by atoms with Gasteiger partial charge in [-0.05, 0) is 35.4 Å². The van der Waals surface area contributed by atoms with Crippen molar-refractivity contribution in [1.29, 1.82) is 0 Å². The van der Waals surface area contributed by atoms with Crippen LogP contribution in [0.15, 0.2) is 144 Å². The molecule has 0 aliphatic carbocycles. The summed E-state index contributed by atoms with van der Waals surface area (Å²) in [5.41, 5.74) is 3.96. The van der Waals surface area contributed by atoms with Crippen LogP contribution in [0, 0.1) is 0 Å². The van der Waals surface area contributed by atoms with Crippen molar-refractivity contribution in [2.45, 2.75) is 22.3 Å². The molecular weight excluding hydrogens is 546 g/mol. The van der Waals surface area contributed by atoms with Crippen LogP contribution in [0.2, 0.25) is 5.02 Å². The Morgan fingerprint density at radius 3 is 1.98 bits per heavy atom. The third-order valence-corrected chi connectivity index (χ3v) is 9.25. The second kappa shape index (κ2) is 10.6. The van der Waals surface area contributed by atoms with Gasteiger partial charge in [-0.25, -0.2) is 0 Å². The molecule has 0 aromatic heterocycles. The fraction of sp³-hybridized carbons (Fsp3) is 0.0833. The number of benzene rings is 5. The summed E-state index contributed by atoms with van der Waals surface area (Å²) >= 11 is 8.15. The number of rotatable bonds is 4. The van der Waals surface area contributed by atoms with Crippen LogP contribution >= 0.6 is 23.4 Å². The SMILES string of the molecule is O=C1C(c2ccccc2)=C(c2ccccc2)O[C@@]2(c3ccc(Cl)cc3)C[C@@H](c3ccccc3)Sc3ccccc3N12. The molecule has 2 aliphatic rings. The first-order valence-electron chi connectivity index (χ1n) is 13.6. The first kappa shape index (κ1) is 25.7. The maximum atomic E-state index is 15.1. The van der Waals surface area contributed by atoms with Gasteiger partial charge in [0.2, 0.25) is 5.72 Å². The Labute approximate surface area is 249 Å². The normalized spacial score (nSPS) is 20.1. The number of carbonyl (C=O) groups is 1. The highest BCUT2D eigenvalue weighted by atomic mass is 35.5. The number of para-hydroxylation sites is 1. The van der Waals surface area contributed by atoms with Gasteiger partial charge in [0, 0.05) is 32.7 Å². The van der Waals surface area contributed by atoms with Crippen LogP contribution in [0.5, 0.6) is 0 Å². The van der Waals surface area contributed by atoms with Crippen molar-refractivity contribution < 1.29 is 9.53 Å². The Balaban J connectivity index is 1.55. The van der Waals surface area contributed by atoms with Gasteiger partial charge in [-0.1, -0.05) is 127 Å². The van der Waals surface area contributed by atoms with Crippen LogP contribution in [0.25, 0.3) is 11.3 Å². The van der Waals surface area contributed by atoms with Crippen LogP contribution in [0.1, 0.15) is 33.9 Å². The van der Waals surface area contributed by atoms with Crippen molar-refractivity contribution >= 4 is 46.3 Å². The summed E-state index contributed by atoms with van der Waals surface area (Å²) in [4.78, 5) is 18.0. The van der Waals surface area contributed by atoms with Crippen molar-refractivity contribution in [2.75, 3.05) is 4.90 Å². The highest BCUT2D eigenvalue weighted by Crippen LogP contribution is 2.58. The van der Waals surface area contributed by atoms with Crippen molar-refractivity contribution in [2.24, 2.45) is 0 Å². The molecule has 5 aromatic carbocycles. The molecule has 2 heterocycles. The number of anilines is 1. The molecule has 5 aromatic rings. The van der Waals surface area contributed by atoms with Crippen LogP contribution < -0.4 is 4.90 Å². The Morgan fingerprint density at radius 2 is 1.29 bits per heavy atom. The number of amides is 1. The first-order chi connectivity index (χ1) is 20.1. The highest BCUT2D eigenvalue weighted by Gasteiger charge is 2.54. The quantitative estimate of drug-likeness (QED) is 0.215. The molecule has 1 amide bonds. The predicted octanol–water partition coefficient (Wildman–Crippen LogP) is 9.36. The molecule has 3 nitrogen and oxygen atoms in total. The Kier molecular flexibility index (Phi) is 6.66. The minimum Gasteiger partial charge on any atom is -0.462 e. The molecule has 0 unspecified atom stereocenters. The fourth-order valence-corrected chi connectivity index (χ4v) is 7.26. The molecule has 2 aliphatic heterocycles. The number of hydrogen-bond acceptors (Lipinski definition) is 3. The lowest BCUT2D eigenvalue weighted by Crippen LogP contribution is -2.55. The van der Waals surface area contributed by atoms with Gasteiger partial charge in [0.1, 0.15) is 5.76 Å². The van der Waals surface area contributed by atoms with Gasteiger partial charge in [0.05, 0.1) is 11.3 Å². The molecule has 5 heteroatoms. The van der Waals surface area contributed by atoms with E-state index in [-0.39, 0.29) is 11.2 Å². The van der Waals surface area contributed by atoms with E-state index in [1.165, 1.54) is 5.56 Å². The van der Waals surface area contributed by atoms with Gasteiger partial charge in [0.15, 0.2) is 0 Å². The third-order valence-electron chi connectivity index (χ3n) is 7.68. The number of hydrogen-bond donors (Lipinski definition) is 0. The number of ether oxygens (including phenoxy) is 1. The second-order valence-electron chi connectivity index (χ2n) is 10.2. The second-order valence-corrected chi connectivity index (χ2v) is 11.8. The predicted molar refractivity (Wildman–Crippen MR) is 167 cm³/mol. The number of nitrogens with zero attached hydrogens (tertiary/aromatic N) is 1. The largest absolute Gasteiger partial charge is 0.462 e. The molecule has 41 heavy (non-hydrogen) atoms. The summed E-state index contributed by atoms with van der Waals surface area (Å²) in [6.07, 6.45) is 0.530. The molecule has 0 N–H and O–H groups in total. The minimum atomic E-state index is -1.13. The summed E-state index contributed by atoms with van der Waals surface area (Å²) in [5, 5.41) is 0.645. The van der Waals surface area contributed by atoms with E-state index < -0.39 is 5.72 Å². The molecule has 0 bridgehead atoms. The van der Waals surface area contributed by atoms with E-state index in [0.717, 1.165) is 27.3 Å².